The Hall–Kier alpha value is -0.380. The van der Waals surface area contributed by atoms with Gasteiger partial charge >= 0.3 is 0 Å². The van der Waals surface area contributed by atoms with Gasteiger partial charge in [0.2, 0.25) is 0 Å². The van der Waals surface area contributed by atoms with Gasteiger partial charge in [0.25, 0.3) is 0 Å². The van der Waals surface area contributed by atoms with Crippen LogP contribution in [0.2, 0.25) is 0 Å². The lowest BCUT2D eigenvalue weighted by molar-refractivity contribution is 1.11. The molecule has 0 saturated heterocycles. The average molecular weight is 242 g/mol. The van der Waals surface area contributed by atoms with Crippen molar-refractivity contribution in [3.8, 4) is 0 Å². The number of nitrogens with two attached hydrogens (primary N) is 1. The Bertz CT molecular complexity index is 408. The minimum absolute atomic E-state index is 0.631. The Labute approximate surface area is 83.3 Å². The zero-order valence-corrected chi connectivity index (χ0v) is 8.78. The SMILES string of the molecule is NCc1cc2cccc(Br)c2s1. The van der Waals surface area contributed by atoms with Crippen molar-refractivity contribution in [2.75, 3.05) is 0 Å². The second-order valence-corrected chi connectivity index (χ2v) is 4.57. The second-order valence-electron chi connectivity index (χ2n) is 2.58. The van der Waals surface area contributed by atoms with Gasteiger partial charge in [-0.25, -0.2) is 0 Å². The molecule has 0 atom stereocenters. The van der Waals surface area contributed by atoms with Crippen LogP contribution in [0.5, 0.6) is 0 Å². The first kappa shape index (κ1) is 8.23. The fraction of sp³-hybridized carbons (Fsp3) is 0.111. The highest BCUT2D eigenvalue weighted by atomic mass is 79.9. The van der Waals surface area contributed by atoms with E-state index < -0.39 is 0 Å². The molecule has 1 aromatic carbocycles. The predicted molar refractivity (Wildman–Crippen MR) is 57.4 cm³/mol. The van der Waals surface area contributed by atoms with Crippen molar-refractivity contribution in [1.82, 2.24) is 0 Å². The summed E-state index contributed by atoms with van der Waals surface area (Å²) < 4.78 is 2.45. The molecule has 2 N–H and O–H groups in total. The summed E-state index contributed by atoms with van der Waals surface area (Å²) in [4.78, 5) is 1.23. The van der Waals surface area contributed by atoms with Gasteiger partial charge in [-0.2, -0.15) is 0 Å². The summed E-state index contributed by atoms with van der Waals surface area (Å²) in [6.45, 7) is 0.631. The highest BCUT2D eigenvalue weighted by Crippen LogP contribution is 2.31. The minimum atomic E-state index is 0.631. The summed E-state index contributed by atoms with van der Waals surface area (Å²) in [5.41, 5.74) is 5.56. The molecule has 0 radical (unpaired) electrons. The molecule has 12 heavy (non-hydrogen) atoms. The third-order valence-corrected chi connectivity index (χ3v) is 3.88. The number of thiophene rings is 1. The molecule has 62 valence electrons. The summed E-state index contributed by atoms with van der Waals surface area (Å²) in [6.07, 6.45) is 0. The van der Waals surface area contributed by atoms with E-state index >= 15 is 0 Å². The molecule has 1 nitrogen and oxygen atoms in total. The molecular formula is C9H8BrNS. The lowest BCUT2D eigenvalue weighted by atomic mass is 10.2. The zero-order valence-electron chi connectivity index (χ0n) is 6.38. The third kappa shape index (κ3) is 1.28. The van der Waals surface area contributed by atoms with Gasteiger partial charge in [-0.1, -0.05) is 12.1 Å². The Morgan fingerprint density at radius 1 is 1.42 bits per heavy atom. The van der Waals surface area contributed by atoms with E-state index in [9.17, 15) is 0 Å². The summed E-state index contributed by atoms with van der Waals surface area (Å²) >= 11 is 5.26. The maximum atomic E-state index is 5.56. The molecule has 3 heteroatoms. The molecule has 2 aromatic rings. The largest absolute Gasteiger partial charge is 0.326 e. The minimum Gasteiger partial charge on any atom is -0.326 e. The highest BCUT2D eigenvalue weighted by molar-refractivity contribution is 9.10. The molecule has 1 heterocycles. The van der Waals surface area contributed by atoms with Crippen LogP contribution >= 0.6 is 27.3 Å². The first-order valence-electron chi connectivity index (χ1n) is 3.68. The Morgan fingerprint density at radius 2 is 2.25 bits per heavy atom. The molecule has 0 aliphatic carbocycles. The van der Waals surface area contributed by atoms with Gasteiger partial charge in [0, 0.05) is 20.6 Å². The van der Waals surface area contributed by atoms with E-state index in [2.05, 4.69) is 34.1 Å². The summed E-state index contributed by atoms with van der Waals surface area (Å²) in [6, 6.07) is 8.35. The number of rotatable bonds is 1. The van der Waals surface area contributed by atoms with Gasteiger partial charge in [-0.3, -0.25) is 0 Å². The smallest absolute Gasteiger partial charge is 0.0488 e. The molecule has 1 aromatic heterocycles. The Balaban J connectivity index is 2.74. The molecule has 0 unspecified atom stereocenters. The van der Waals surface area contributed by atoms with Crippen LogP contribution in [0, 0.1) is 0 Å². The lowest BCUT2D eigenvalue weighted by Gasteiger charge is -1.89. The second kappa shape index (κ2) is 3.17. The van der Waals surface area contributed by atoms with Gasteiger partial charge in [0.15, 0.2) is 0 Å². The van der Waals surface area contributed by atoms with Crippen LogP contribution < -0.4 is 5.73 Å². The van der Waals surface area contributed by atoms with E-state index in [4.69, 9.17) is 5.73 Å². The maximum absolute atomic E-state index is 5.56. The Kier molecular flexibility index (Phi) is 2.17. The van der Waals surface area contributed by atoms with Crippen molar-refractivity contribution >= 4 is 37.4 Å². The number of hydrogen-bond acceptors (Lipinski definition) is 2. The fourth-order valence-electron chi connectivity index (χ4n) is 1.18. The van der Waals surface area contributed by atoms with Crippen LogP contribution in [-0.2, 0) is 6.54 Å². The monoisotopic (exact) mass is 241 g/mol. The van der Waals surface area contributed by atoms with E-state index in [0.717, 1.165) is 4.47 Å². The maximum Gasteiger partial charge on any atom is 0.0488 e. The number of benzene rings is 1. The topological polar surface area (TPSA) is 26.0 Å². The van der Waals surface area contributed by atoms with Crippen molar-refractivity contribution in [2.24, 2.45) is 5.73 Å². The third-order valence-electron chi connectivity index (χ3n) is 1.75. The van der Waals surface area contributed by atoms with Gasteiger partial charge < -0.3 is 5.73 Å². The first-order chi connectivity index (χ1) is 5.81. The van der Waals surface area contributed by atoms with Gasteiger partial charge in [0.05, 0.1) is 0 Å². The molecule has 0 spiro atoms. The standard InChI is InChI=1S/C9H8BrNS/c10-8-3-1-2-6-4-7(5-11)12-9(6)8/h1-4H,5,11H2. The quantitative estimate of drug-likeness (QED) is 0.816. The van der Waals surface area contributed by atoms with E-state index in [1.807, 2.05) is 6.07 Å². The van der Waals surface area contributed by atoms with Crippen molar-refractivity contribution in [1.29, 1.82) is 0 Å². The summed E-state index contributed by atoms with van der Waals surface area (Å²) in [7, 11) is 0. The molecule has 0 fully saturated rings. The van der Waals surface area contributed by atoms with Crippen LogP contribution in [0.25, 0.3) is 10.1 Å². The normalized spacial score (nSPS) is 10.8. The molecule has 0 bridgehead atoms. The fourth-order valence-corrected chi connectivity index (χ4v) is 2.75. The Morgan fingerprint density at radius 3 is 2.92 bits per heavy atom. The summed E-state index contributed by atoms with van der Waals surface area (Å²) in [5, 5.41) is 1.27. The molecular weight excluding hydrogens is 234 g/mol. The van der Waals surface area contributed by atoms with Gasteiger partial charge in [-0.15, -0.1) is 11.3 Å². The molecule has 0 amide bonds. The van der Waals surface area contributed by atoms with Gasteiger partial charge in [-0.05, 0) is 33.4 Å². The van der Waals surface area contributed by atoms with E-state index in [1.54, 1.807) is 11.3 Å². The van der Waals surface area contributed by atoms with Crippen LogP contribution in [-0.4, -0.2) is 0 Å². The lowest BCUT2D eigenvalue weighted by Crippen LogP contribution is -1.90. The van der Waals surface area contributed by atoms with Gasteiger partial charge in [0.1, 0.15) is 0 Å². The molecule has 0 aliphatic rings. The molecule has 2 rings (SSSR count). The van der Waals surface area contributed by atoms with E-state index in [-0.39, 0.29) is 0 Å². The van der Waals surface area contributed by atoms with Crippen LogP contribution in [0.4, 0.5) is 0 Å². The number of fused-ring (bicyclic) bond motifs is 1. The van der Waals surface area contributed by atoms with E-state index in [1.165, 1.54) is 15.0 Å². The number of halogens is 1. The van der Waals surface area contributed by atoms with Crippen molar-refractivity contribution in [3.63, 3.8) is 0 Å². The summed E-state index contributed by atoms with van der Waals surface area (Å²) in [5.74, 6) is 0. The average Bonchev–Trinajstić information content (AvgIpc) is 2.49. The van der Waals surface area contributed by atoms with E-state index in [0.29, 0.717) is 6.54 Å². The van der Waals surface area contributed by atoms with Crippen LogP contribution in [0.3, 0.4) is 0 Å². The molecule has 0 aliphatic heterocycles. The molecule has 0 saturated carbocycles. The highest BCUT2D eigenvalue weighted by Gasteiger charge is 2.02. The number of hydrogen-bond donors (Lipinski definition) is 1. The predicted octanol–water partition coefficient (Wildman–Crippen LogP) is 3.12. The van der Waals surface area contributed by atoms with Crippen molar-refractivity contribution < 1.29 is 0 Å². The first-order valence-corrected chi connectivity index (χ1v) is 5.29. The zero-order chi connectivity index (χ0) is 8.55. The van der Waals surface area contributed by atoms with Crippen LogP contribution in [0.1, 0.15) is 4.88 Å². The van der Waals surface area contributed by atoms with Crippen LogP contribution in [0.15, 0.2) is 28.7 Å². The van der Waals surface area contributed by atoms with Crippen molar-refractivity contribution in [2.45, 2.75) is 6.54 Å². The van der Waals surface area contributed by atoms with Crippen molar-refractivity contribution in [3.05, 3.63) is 33.6 Å².